The fraction of sp³-hybridized carbons (Fsp3) is 0.318. The van der Waals surface area contributed by atoms with E-state index in [1.165, 1.54) is 51.0 Å². The fourth-order valence-electron chi connectivity index (χ4n) is 8.49. The molecule has 0 saturated heterocycles. The molecule has 0 N–H and O–H groups in total. The molecular weight excluding hydrogens is 945 g/mol. The van der Waals surface area contributed by atoms with Crippen molar-refractivity contribution in [2.24, 2.45) is 9.98 Å². The monoisotopic (exact) mass is 1020 g/mol. The van der Waals surface area contributed by atoms with E-state index in [2.05, 4.69) is 56.5 Å². The molecule has 1 aromatic heterocycles. The zero-order valence-electron chi connectivity index (χ0n) is 44.4. The second-order valence-corrected chi connectivity index (χ2v) is 18.9. The number of aromatic nitrogens is 2. The largest absolute Gasteiger partial charge is 0.494 e. The summed E-state index contributed by atoms with van der Waals surface area (Å²) >= 11 is 0. The maximum Gasteiger partial charge on any atom is 0.330 e. The predicted octanol–water partition coefficient (Wildman–Crippen LogP) is 17.0. The van der Waals surface area contributed by atoms with Gasteiger partial charge in [-0.2, -0.15) is 0 Å². The second-order valence-electron chi connectivity index (χ2n) is 18.9. The number of nitrogens with zero attached hydrogens (tertiary/aromatic N) is 4. The van der Waals surface area contributed by atoms with Crippen LogP contribution in [0.4, 0.5) is 11.4 Å². The lowest BCUT2D eigenvalue weighted by molar-refractivity contribution is -0.137. The van der Waals surface area contributed by atoms with Crippen LogP contribution in [0.15, 0.2) is 175 Å². The summed E-state index contributed by atoms with van der Waals surface area (Å²) in [7, 11) is 0. The maximum absolute atomic E-state index is 11.2. The molecule has 1 heterocycles. The molecule has 0 atom stereocenters. The van der Waals surface area contributed by atoms with Crippen LogP contribution in [0.2, 0.25) is 0 Å². The smallest absolute Gasteiger partial charge is 0.330 e. The molecule has 6 aromatic carbocycles. The number of carbonyl (C=O) groups is 1. The highest BCUT2D eigenvalue weighted by Crippen LogP contribution is 2.33. The van der Waals surface area contributed by atoms with E-state index in [-0.39, 0.29) is 5.97 Å². The standard InChI is InChI=1S/C66H74N4O6/c1-4-7-9-11-13-17-40-72-58-35-31-57(32-36-58)68-49-52-25-22-27-55(45-52)66-65(54-26-21-24-51(44-54)48-67-56-33-37-59(38-34-56)73-41-19-15-16-20-43-75-64(71)6-3)69-62-39-30-53(46-63(62)70-66)50-76-61-29-23-28-60(47-61)74-42-18-14-12-10-8-5-2/h4,6,21-39,44-49H,1,3,5,7-20,40-43,50H2,2H3/b67-48+,68-49+. The van der Waals surface area contributed by atoms with Gasteiger partial charge in [-0.05, 0) is 153 Å². The van der Waals surface area contributed by atoms with E-state index in [4.69, 9.17) is 43.6 Å². The van der Waals surface area contributed by atoms with Crippen LogP contribution in [0.5, 0.6) is 23.0 Å². The Balaban J connectivity index is 1.05. The summed E-state index contributed by atoms with van der Waals surface area (Å²) < 4.78 is 29.4. The number of aliphatic imine (C=N–C) groups is 2. The number of esters is 1. The van der Waals surface area contributed by atoms with Gasteiger partial charge in [-0.25, -0.2) is 14.8 Å². The molecule has 0 aliphatic heterocycles. The van der Waals surface area contributed by atoms with Gasteiger partial charge in [0.1, 0.15) is 29.6 Å². The summed E-state index contributed by atoms with van der Waals surface area (Å²) in [6.45, 7) is 12.3. The first-order valence-electron chi connectivity index (χ1n) is 27.3. The summed E-state index contributed by atoms with van der Waals surface area (Å²) in [5, 5.41) is 0. The second kappa shape index (κ2) is 31.8. The van der Waals surface area contributed by atoms with Gasteiger partial charge in [0.25, 0.3) is 0 Å². The molecule has 0 radical (unpaired) electrons. The molecule has 10 nitrogen and oxygen atoms in total. The van der Waals surface area contributed by atoms with E-state index in [1.54, 1.807) is 0 Å². The maximum atomic E-state index is 11.2. The van der Waals surface area contributed by atoms with E-state index in [0.29, 0.717) is 33.0 Å². The van der Waals surface area contributed by atoms with Gasteiger partial charge in [-0.1, -0.05) is 113 Å². The normalized spacial score (nSPS) is 11.3. The molecule has 7 rings (SSSR count). The average molecular weight is 1020 g/mol. The first-order valence-corrected chi connectivity index (χ1v) is 27.3. The van der Waals surface area contributed by atoms with Crippen molar-refractivity contribution >= 4 is 40.8 Å². The third-order valence-electron chi connectivity index (χ3n) is 12.7. The molecule has 0 spiro atoms. The minimum absolute atomic E-state index is 0.363. The Morgan fingerprint density at radius 2 is 0.987 bits per heavy atom. The molecule has 0 unspecified atom stereocenters. The highest BCUT2D eigenvalue weighted by molar-refractivity contribution is 5.91. The number of rotatable bonds is 34. The molecule has 0 saturated carbocycles. The van der Waals surface area contributed by atoms with Crippen LogP contribution < -0.4 is 18.9 Å². The first-order chi connectivity index (χ1) is 37.5. The van der Waals surface area contributed by atoms with Crippen LogP contribution in [0.25, 0.3) is 33.5 Å². The Kier molecular flexibility index (Phi) is 23.4. The lowest BCUT2D eigenvalue weighted by Crippen LogP contribution is -2.02. The molecular formula is C66H74N4O6. The van der Waals surface area contributed by atoms with Crippen LogP contribution in [-0.2, 0) is 16.1 Å². The quantitative estimate of drug-likeness (QED) is 0.0129. The average Bonchev–Trinajstić information content (AvgIpc) is 3.48. The SMILES string of the molecule is C=CCCCCCCOc1ccc(/N=C/c2cccc(-c3nc4cc(COc5cccc(OCCCCCCCC)c5)ccc4nc3-c3cccc(/C=N/c4ccc(OCCCCCCOC(=O)C=C)cc4)c3)c2)cc1. The van der Waals surface area contributed by atoms with Gasteiger partial charge in [0.15, 0.2) is 0 Å². The first kappa shape index (κ1) is 55.9. The number of benzene rings is 6. The third-order valence-corrected chi connectivity index (χ3v) is 12.7. The minimum Gasteiger partial charge on any atom is -0.494 e. The number of hydrogen-bond acceptors (Lipinski definition) is 10. The molecule has 394 valence electrons. The summed E-state index contributed by atoms with van der Waals surface area (Å²) in [5.74, 6) is 2.83. The molecule has 76 heavy (non-hydrogen) atoms. The van der Waals surface area contributed by atoms with Crippen molar-refractivity contribution in [3.05, 3.63) is 182 Å². The van der Waals surface area contributed by atoms with Gasteiger partial charge in [0, 0.05) is 35.7 Å². The highest BCUT2D eigenvalue weighted by atomic mass is 16.5. The van der Waals surface area contributed by atoms with Crippen LogP contribution >= 0.6 is 0 Å². The summed E-state index contributed by atoms with van der Waals surface area (Å²) in [6.07, 6.45) is 23.6. The minimum atomic E-state index is -0.379. The van der Waals surface area contributed by atoms with Crippen molar-refractivity contribution < 1.29 is 28.5 Å². The van der Waals surface area contributed by atoms with Crippen LogP contribution in [0.3, 0.4) is 0 Å². The van der Waals surface area contributed by atoms with Gasteiger partial charge in [0.2, 0.25) is 0 Å². The number of fused-ring (bicyclic) bond motifs is 1. The van der Waals surface area contributed by atoms with Gasteiger partial charge in [0.05, 0.1) is 60.2 Å². The van der Waals surface area contributed by atoms with E-state index in [0.717, 1.165) is 136 Å². The Bertz CT molecular complexity index is 2950. The zero-order chi connectivity index (χ0) is 52.8. The Morgan fingerprint density at radius 1 is 0.487 bits per heavy atom. The van der Waals surface area contributed by atoms with E-state index in [9.17, 15) is 4.79 Å². The van der Waals surface area contributed by atoms with Crippen LogP contribution in [0, 0.1) is 0 Å². The van der Waals surface area contributed by atoms with E-state index >= 15 is 0 Å². The van der Waals surface area contributed by atoms with Crippen molar-refractivity contribution in [1.82, 2.24) is 9.97 Å². The molecule has 0 fully saturated rings. The van der Waals surface area contributed by atoms with Crippen molar-refractivity contribution in [3.8, 4) is 45.5 Å². The molecule has 0 aliphatic rings. The van der Waals surface area contributed by atoms with Gasteiger partial charge < -0.3 is 23.7 Å². The van der Waals surface area contributed by atoms with Crippen molar-refractivity contribution in [2.45, 2.75) is 110 Å². The number of unbranched alkanes of at least 4 members (excludes halogenated alkanes) is 12. The Morgan fingerprint density at radius 3 is 1.55 bits per heavy atom. The highest BCUT2D eigenvalue weighted by Gasteiger charge is 2.15. The van der Waals surface area contributed by atoms with Gasteiger partial charge in [-0.3, -0.25) is 9.98 Å². The number of hydrogen-bond donors (Lipinski definition) is 0. The van der Waals surface area contributed by atoms with Gasteiger partial charge >= 0.3 is 5.97 Å². The topological polar surface area (TPSA) is 114 Å². The Labute approximate surface area is 450 Å². The van der Waals surface area contributed by atoms with Gasteiger partial charge in [-0.15, -0.1) is 6.58 Å². The van der Waals surface area contributed by atoms with E-state index < -0.39 is 0 Å². The molecule has 0 aliphatic carbocycles. The molecule has 0 bridgehead atoms. The third kappa shape index (κ3) is 19.1. The van der Waals surface area contributed by atoms with Crippen LogP contribution in [-0.4, -0.2) is 54.8 Å². The summed E-state index contributed by atoms with van der Waals surface area (Å²) in [5.41, 5.74) is 9.34. The number of ether oxygens (including phenoxy) is 5. The summed E-state index contributed by atoms with van der Waals surface area (Å²) in [4.78, 5) is 31.5. The summed E-state index contributed by atoms with van der Waals surface area (Å²) in [6, 6.07) is 46.2. The van der Waals surface area contributed by atoms with Crippen molar-refractivity contribution in [3.63, 3.8) is 0 Å². The molecule has 7 aromatic rings. The molecule has 10 heteroatoms. The predicted molar refractivity (Wildman–Crippen MR) is 311 cm³/mol. The zero-order valence-corrected chi connectivity index (χ0v) is 44.4. The number of carbonyl (C=O) groups excluding carboxylic acids is 1. The lowest BCUT2D eigenvalue weighted by atomic mass is 10.0. The van der Waals surface area contributed by atoms with Crippen molar-refractivity contribution in [2.75, 3.05) is 26.4 Å². The number of allylic oxidation sites excluding steroid dienone is 1. The Hall–Kier alpha value is -7.85. The lowest BCUT2D eigenvalue weighted by Gasteiger charge is -2.13. The molecule has 0 amide bonds. The van der Waals surface area contributed by atoms with E-state index in [1.807, 2.05) is 122 Å². The fourth-order valence-corrected chi connectivity index (χ4v) is 8.49. The van der Waals surface area contributed by atoms with Crippen LogP contribution in [0.1, 0.15) is 120 Å². The van der Waals surface area contributed by atoms with Crippen molar-refractivity contribution in [1.29, 1.82) is 0 Å².